The summed E-state index contributed by atoms with van der Waals surface area (Å²) in [6, 6.07) is 0. The topological polar surface area (TPSA) is 134 Å². The van der Waals surface area contributed by atoms with Crippen LogP contribution in [0.25, 0.3) is 0 Å². The number of hydrogen-bond donors (Lipinski definition) is 4. The summed E-state index contributed by atoms with van der Waals surface area (Å²) in [7, 11) is 0. The molecule has 0 amide bonds. The Morgan fingerprint density at radius 1 is 0.646 bits per heavy atom. The zero-order valence-electron chi connectivity index (χ0n) is 30.2. The number of ether oxygens (including phenoxy) is 2. The van der Waals surface area contributed by atoms with Crippen molar-refractivity contribution >= 4 is 11.9 Å². The lowest BCUT2D eigenvalue weighted by atomic mass is 10.0. The minimum Gasteiger partial charge on any atom is -0.462 e. The van der Waals surface area contributed by atoms with Gasteiger partial charge in [0.15, 0.2) is 6.10 Å². The fourth-order valence-electron chi connectivity index (χ4n) is 4.90. The van der Waals surface area contributed by atoms with Gasteiger partial charge in [-0.15, -0.1) is 0 Å². The van der Waals surface area contributed by atoms with Gasteiger partial charge in [-0.2, -0.15) is 0 Å². The van der Waals surface area contributed by atoms with Crippen LogP contribution >= 0.6 is 0 Å². The van der Waals surface area contributed by atoms with Crippen molar-refractivity contribution < 1.29 is 39.5 Å². The van der Waals surface area contributed by atoms with E-state index in [1.165, 1.54) is 63.9 Å². The van der Waals surface area contributed by atoms with Crippen molar-refractivity contribution in [3.8, 4) is 0 Å². The first-order valence-electron chi connectivity index (χ1n) is 18.5. The van der Waals surface area contributed by atoms with Gasteiger partial charge in [-0.05, 0) is 38.0 Å². The van der Waals surface area contributed by atoms with E-state index < -0.39 is 37.0 Å². The van der Waals surface area contributed by atoms with Crippen LogP contribution in [0.2, 0.25) is 0 Å². The maximum Gasteiger partial charge on any atom is 0.306 e. The predicted octanol–water partition coefficient (Wildman–Crippen LogP) is 8.00. The fourth-order valence-corrected chi connectivity index (χ4v) is 4.90. The van der Waals surface area contributed by atoms with Crippen molar-refractivity contribution in [2.75, 3.05) is 13.2 Å². The molecule has 0 fully saturated rings. The van der Waals surface area contributed by atoms with Crippen molar-refractivity contribution in [3.05, 3.63) is 60.8 Å². The minimum absolute atomic E-state index is 0.00194. The van der Waals surface area contributed by atoms with Gasteiger partial charge >= 0.3 is 11.9 Å². The summed E-state index contributed by atoms with van der Waals surface area (Å²) in [5.74, 6) is -0.116. The smallest absolute Gasteiger partial charge is 0.306 e. The second-order valence-electron chi connectivity index (χ2n) is 13.0. The third kappa shape index (κ3) is 30.8. The zero-order valence-corrected chi connectivity index (χ0v) is 30.2. The molecular weight excluding hydrogens is 608 g/mol. The minimum atomic E-state index is -1.09. The van der Waals surface area contributed by atoms with E-state index in [9.17, 15) is 30.0 Å². The molecule has 0 heterocycles. The Morgan fingerprint density at radius 3 is 1.77 bits per heavy atom. The molecule has 0 aromatic heterocycles. The molecule has 0 aliphatic carbocycles. The van der Waals surface area contributed by atoms with E-state index in [2.05, 4.69) is 13.8 Å². The number of carbonyl (C=O) groups is 2. The van der Waals surface area contributed by atoms with E-state index in [0.29, 0.717) is 12.8 Å². The number of allylic oxidation sites excluding steroid dienone is 7. The molecule has 0 unspecified atom stereocenters. The molecule has 8 heteroatoms. The molecule has 0 radical (unpaired) electrons. The van der Waals surface area contributed by atoms with E-state index in [0.717, 1.165) is 31.6 Å². The zero-order chi connectivity index (χ0) is 35.7. The molecule has 0 rings (SSSR count). The molecule has 0 spiro atoms. The van der Waals surface area contributed by atoms with Crippen LogP contribution in [0.3, 0.4) is 0 Å². The highest BCUT2D eigenvalue weighted by atomic mass is 16.6. The molecule has 0 aromatic carbocycles. The summed E-state index contributed by atoms with van der Waals surface area (Å²) in [6.45, 7) is 5.96. The average Bonchev–Trinajstić information content (AvgIpc) is 3.06. The van der Waals surface area contributed by atoms with Gasteiger partial charge in [0.05, 0.1) is 24.9 Å². The predicted molar refractivity (Wildman–Crippen MR) is 195 cm³/mol. The molecule has 276 valence electrons. The third-order valence-electron chi connectivity index (χ3n) is 7.85. The normalized spacial score (nSPS) is 15.0. The number of aliphatic hydroxyl groups is 4. The monoisotopic (exact) mass is 676 g/mol. The first-order valence-corrected chi connectivity index (χ1v) is 18.5. The summed E-state index contributed by atoms with van der Waals surface area (Å²) in [5, 5.41) is 39.6. The Kier molecular flexibility index (Phi) is 31.3. The van der Waals surface area contributed by atoms with Crippen LogP contribution in [-0.2, 0) is 19.1 Å². The van der Waals surface area contributed by atoms with Gasteiger partial charge in [-0.25, -0.2) is 0 Å². The highest BCUT2D eigenvalue weighted by Crippen LogP contribution is 2.14. The molecule has 0 bridgehead atoms. The van der Waals surface area contributed by atoms with Gasteiger partial charge in [0.25, 0.3) is 0 Å². The average molecular weight is 677 g/mol. The maximum atomic E-state index is 12.2. The Balaban J connectivity index is 3.96. The van der Waals surface area contributed by atoms with Crippen LogP contribution in [0, 0.1) is 5.92 Å². The van der Waals surface area contributed by atoms with Crippen LogP contribution < -0.4 is 0 Å². The summed E-state index contributed by atoms with van der Waals surface area (Å²) in [5.41, 5.74) is 0. The lowest BCUT2D eigenvalue weighted by Gasteiger charge is -2.17. The van der Waals surface area contributed by atoms with Crippen LogP contribution in [-0.4, -0.2) is 70.0 Å². The molecule has 4 N–H and O–H groups in total. The number of rotatable bonds is 31. The summed E-state index contributed by atoms with van der Waals surface area (Å²) in [6.07, 6.45) is 30.9. The standard InChI is InChI=1S/C40H68O8/c1-4-5-19-26-35(42)27-21-16-13-14-17-22-28-37(43)38(44)29-24-31-40(46)48-36(32-41)33-47-39(45)30-23-18-12-10-8-6-7-9-11-15-20-25-34(2)3/h5,13-14,16-17,19,21-22,27-28,34-38,41-44H,4,6-12,15,18,20,23-26,29-33H2,1-3H3/b16-13+,17-14-,19-5-,27-21+,28-22-/t35-,36-,37+,38+/m0/s1. The summed E-state index contributed by atoms with van der Waals surface area (Å²) < 4.78 is 10.4. The first-order chi connectivity index (χ1) is 23.2. The van der Waals surface area contributed by atoms with E-state index in [1.807, 2.05) is 19.1 Å². The first kappa shape index (κ1) is 45.5. The number of hydrogen-bond acceptors (Lipinski definition) is 8. The van der Waals surface area contributed by atoms with Gasteiger partial charge in [-0.1, -0.05) is 152 Å². The number of esters is 2. The van der Waals surface area contributed by atoms with Crippen molar-refractivity contribution in [1.29, 1.82) is 0 Å². The lowest BCUT2D eigenvalue weighted by Crippen LogP contribution is -2.29. The Hall–Kier alpha value is -2.52. The molecule has 48 heavy (non-hydrogen) atoms. The van der Waals surface area contributed by atoms with Crippen molar-refractivity contribution in [1.82, 2.24) is 0 Å². The number of unbranched alkanes of at least 4 members (excludes halogenated alkanes) is 10. The van der Waals surface area contributed by atoms with Crippen LogP contribution in [0.1, 0.15) is 136 Å². The Bertz CT molecular complexity index is 920. The molecule has 8 nitrogen and oxygen atoms in total. The Labute approximate surface area is 291 Å². The third-order valence-corrected chi connectivity index (χ3v) is 7.85. The van der Waals surface area contributed by atoms with E-state index in [1.54, 1.807) is 42.5 Å². The van der Waals surface area contributed by atoms with Gasteiger partial charge in [-0.3, -0.25) is 9.59 Å². The van der Waals surface area contributed by atoms with Gasteiger partial charge < -0.3 is 29.9 Å². The van der Waals surface area contributed by atoms with Gasteiger partial charge in [0.2, 0.25) is 0 Å². The highest BCUT2D eigenvalue weighted by molar-refractivity contribution is 5.70. The summed E-state index contributed by atoms with van der Waals surface area (Å²) >= 11 is 0. The molecule has 0 aliphatic heterocycles. The van der Waals surface area contributed by atoms with Crippen molar-refractivity contribution in [2.24, 2.45) is 5.92 Å². The van der Waals surface area contributed by atoms with E-state index in [-0.39, 0.29) is 31.8 Å². The van der Waals surface area contributed by atoms with E-state index >= 15 is 0 Å². The van der Waals surface area contributed by atoms with E-state index in [4.69, 9.17) is 9.47 Å². The van der Waals surface area contributed by atoms with Crippen LogP contribution in [0.15, 0.2) is 60.8 Å². The fraction of sp³-hybridized carbons (Fsp3) is 0.700. The second kappa shape index (κ2) is 33.0. The second-order valence-corrected chi connectivity index (χ2v) is 13.0. The number of aliphatic hydroxyl groups excluding tert-OH is 4. The van der Waals surface area contributed by atoms with Crippen LogP contribution in [0.5, 0.6) is 0 Å². The largest absolute Gasteiger partial charge is 0.462 e. The van der Waals surface area contributed by atoms with Gasteiger partial charge in [0, 0.05) is 12.8 Å². The highest BCUT2D eigenvalue weighted by Gasteiger charge is 2.18. The molecule has 0 saturated heterocycles. The molecule has 0 aliphatic rings. The SMILES string of the molecule is CC/C=C\C[C@H](O)/C=C/C=C/C=C\C=C/[C@@H](O)[C@H](O)CCCC(=O)O[C@@H](CO)COC(=O)CCCCCCCCCCCCCC(C)C. The molecule has 0 saturated carbocycles. The maximum absolute atomic E-state index is 12.2. The van der Waals surface area contributed by atoms with Crippen molar-refractivity contribution in [3.63, 3.8) is 0 Å². The molecular formula is C40H68O8. The number of carbonyl (C=O) groups excluding carboxylic acids is 2. The summed E-state index contributed by atoms with van der Waals surface area (Å²) in [4.78, 5) is 24.2. The molecule has 4 atom stereocenters. The van der Waals surface area contributed by atoms with Gasteiger partial charge in [0.1, 0.15) is 6.61 Å². The Morgan fingerprint density at radius 2 is 1.19 bits per heavy atom. The quantitative estimate of drug-likeness (QED) is 0.0251. The molecule has 0 aromatic rings. The van der Waals surface area contributed by atoms with Crippen molar-refractivity contribution in [2.45, 2.75) is 161 Å². The van der Waals surface area contributed by atoms with Crippen LogP contribution in [0.4, 0.5) is 0 Å². The lowest BCUT2D eigenvalue weighted by molar-refractivity contribution is -0.161.